The number of piperidine rings is 1. The smallest absolute Gasteiger partial charge is 0.214 e. The van der Waals surface area contributed by atoms with Gasteiger partial charge >= 0.3 is 0 Å². The zero-order valence-electron chi connectivity index (χ0n) is 12.0. The average molecular weight is 276 g/mol. The number of rotatable bonds is 5. The summed E-state index contributed by atoms with van der Waals surface area (Å²) in [5.41, 5.74) is 5.62. The lowest BCUT2D eigenvalue weighted by molar-refractivity contribution is 0.264. The van der Waals surface area contributed by atoms with Gasteiger partial charge in [-0.1, -0.05) is 20.8 Å². The van der Waals surface area contributed by atoms with Gasteiger partial charge in [0.25, 0.3) is 0 Å². The monoisotopic (exact) mass is 276 g/mol. The van der Waals surface area contributed by atoms with E-state index in [1.165, 1.54) is 0 Å². The molecule has 108 valence electrons. The van der Waals surface area contributed by atoms with Crippen molar-refractivity contribution in [1.29, 1.82) is 0 Å². The first-order valence-electron chi connectivity index (χ1n) is 6.92. The number of nitrogens with two attached hydrogens (primary N) is 1. The standard InChI is InChI=1S/C13H28N2O2S/c1-13(2,3)7-11-18(16,17)15-9-5-12(4-8-14)6-10-15/h12H,4-11,14H2,1-3H3. The molecule has 0 unspecified atom stereocenters. The van der Waals surface area contributed by atoms with E-state index in [0.717, 1.165) is 25.7 Å². The molecule has 1 heterocycles. The summed E-state index contributed by atoms with van der Waals surface area (Å²) in [5, 5.41) is 0. The fourth-order valence-electron chi connectivity index (χ4n) is 2.28. The second-order valence-electron chi connectivity index (χ2n) is 6.55. The van der Waals surface area contributed by atoms with Gasteiger partial charge in [-0.15, -0.1) is 0 Å². The summed E-state index contributed by atoms with van der Waals surface area (Å²) in [6.45, 7) is 8.30. The second-order valence-corrected chi connectivity index (χ2v) is 8.63. The van der Waals surface area contributed by atoms with Crippen molar-refractivity contribution >= 4 is 10.0 Å². The zero-order chi connectivity index (χ0) is 13.8. The van der Waals surface area contributed by atoms with E-state index in [0.29, 0.717) is 25.6 Å². The Bertz CT molecular complexity index is 338. The molecule has 0 amide bonds. The summed E-state index contributed by atoms with van der Waals surface area (Å²) in [5.74, 6) is 0.891. The molecule has 1 saturated heterocycles. The van der Waals surface area contributed by atoms with E-state index in [1.54, 1.807) is 4.31 Å². The van der Waals surface area contributed by atoms with Crippen LogP contribution in [0, 0.1) is 11.3 Å². The van der Waals surface area contributed by atoms with Crippen LogP contribution < -0.4 is 5.73 Å². The summed E-state index contributed by atoms with van der Waals surface area (Å²) in [7, 11) is -3.05. The molecule has 0 aliphatic carbocycles. The minimum atomic E-state index is -3.05. The minimum absolute atomic E-state index is 0.0743. The van der Waals surface area contributed by atoms with Crippen molar-refractivity contribution in [2.45, 2.75) is 46.5 Å². The summed E-state index contributed by atoms with van der Waals surface area (Å²) in [6, 6.07) is 0. The lowest BCUT2D eigenvalue weighted by Crippen LogP contribution is -2.40. The molecule has 0 saturated carbocycles. The second kappa shape index (κ2) is 6.35. The third-order valence-electron chi connectivity index (χ3n) is 3.65. The fraction of sp³-hybridized carbons (Fsp3) is 1.00. The van der Waals surface area contributed by atoms with Crippen LogP contribution in [0.4, 0.5) is 0 Å². The highest BCUT2D eigenvalue weighted by Gasteiger charge is 2.28. The zero-order valence-corrected chi connectivity index (χ0v) is 12.8. The Balaban J connectivity index is 2.45. The largest absolute Gasteiger partial charge is 0.330 e. The fourth-order valence-corrected chi connectivity index (χ4v) is 4.17. The molecular formula is C13H28N2O2S. The maximum atomic E-state index is 12.2. The normalized spacial score (nSPS) is 20.2. The van der Waals surface area contributed by atoms with Crippen molar-refractivity contribution < 1.29 is 8.42 Å². The molecule has 0 aromatic heterocycles. The predicted octanol–water partition coefficient (Wildman–Crippen LogP) is 1.81. The van der Waals surface area contributed by atoms with Crippen LogP contribution in [-0.2, 0) is 10.0 Å². The Morgan fingerprint density at radius 3 is 2.22 bits per heavy atom. The molecule has 2 N–H and O–H groups in total. The summed E-state index contributed by atoms with van der Waals surface area (Å²) < 4.78 is 26.1. The minimum Gasteiger partial charge on any atom is -0.330 e. The van der Waals surface area contributed by atoms with Crippen LogP contribution in [0.25, 0.3) is 0 Å². The number of hydrogen-bond donors (Lipinski definition) is 1. The lowest BCUT2D eigenvalue weighted by atomic mass is 9.94. The van der Waals surface area contributed by atoms with Crippen molar-refractivity contribution in [3.05, 3.63) is 0 Å². The highest BCUT2D eigenvalue weighted by Crippen LogP contribution is 2.24. The molecular weight excluding hydrogens is 248 g/mol. The first-order chi connectivity index (χ1) is 8.24. The Labute approximate surface area is 112 Å². The van der Waals surface area contributed by atoms with Crippen molar-refractivity contribution in [1.82, 2.24) is 4.31 Å². The van der Waals surface area contributed by atoms with Gasteiger partial charge in [-0.25, -0.2) is 12.7 Å². The van der Waals surface area contributed by atoms with E-state index in [1.807, 2.05) is 0 Å². The van der Waals surface area contributed by atoms with Crippen LogP contribution in [0.2, 0.25) is 0 Å². The van der Waals surface area contributed by atoms with Crippen LogP contribution in [0.5, 0.6) is 0 Å². The molecule has 5 heteroatoms. The van der Waals surface area contributed by atoms with Gasteiger partial charge in [0.1, 0.15) is 0 Å². The maximum absolute atomic E-state index is 12.2. The molecule has 4 nitrogen and oxygen atoms in total. The lowest BCUT2D eigenvalue weighted by Gasteiger charge is -2.31. The van der Waals surface area contributed by atoms with E-state index in [4.69, 9.17) is 5.73 Å². The van der Waals surface area contributed by atoms with Crippen LogP contribution in [0.3, 0.4) is 0 Å². The van der Waals surface area contributed by atoms with E-state index in [9.17, 15) is 8.42 Å². The maximum Gasteiger partial charge on any atom is 0.214 e. The highest BCUT2D eigenvalue weighted by atomic mass is 32.2. The Morgan fingerprint density at radius 1 is 1.22 bits per heavy atom. The summed E-state index contributed by atoms with van der Waals surface area (Å²) in [6.07, 6.45) is 3.67. The summed E-state index contributed by atoms with van der Waals surface area (Å²) >= 11 is 0. The highest BCUT2D eigenvalue weighted by molar-refractivity contribution is 7.89. The number of nitrogens with zero attached hydrogens (tertiary/aromatic N) is 1. The van der Waals surface area contributed by atoms with Gasteiger partial charge in [-0.3, -0.25) is 0 Å². The van der Waals surface area contributed by atoms with Crippen LogP contribution in [-0.4, -0.2) is 38.1 Å². The average Bonchev–Trinajstić information content (AvgIpc) is 2.27. The first kappa shape index (κ1) is 15.9. The van der Waals surface area contributed by atoms with Gasteiger partial charge in [0.2, 0.25) is 10.0 Å². The predicted molar refractivity (Wildman–Crippen MR) is 75.8 cm³/mol. The molecule has 18 heavy (non-hydrogen) atoms. The van der Waals surface area contributed by atoms with Gasteiger partial charge in [-0.05, 0) is 43.6 Å². The van der Waals surface area contributed by atoms with Crippen LogP contribution in [0.1, 0.15) is 46.5 Å². The van der Waals surface area contributed by atoms with Crippen molar-refractivity contribution in [3.8, 4) is 0 Å². The van der Waals surface area contributed by atoms with E-state index < -0.39 is 10.0 Å². The Morgan fingerprint density at radius 2 is 1.78 bits per heavy atom. The molecule has 1 rings (SSSR count). The number of sulfonamides is 1. The molecule has 0 bridgehead atoms. The van der Waals surface area contributed by atoms with E-state index in [2.05, 4.69) is 20.8 Å². The molecule has 1 aliphatic heterocycles. The molecule has 0 spiro atoms. The van der Waals surface area contributed by atoms with Gasteiger partial charge in [0.05, 0.1) is 5.75 Å². The molecule has 0 atom stereocenters. The molecule has 0 aromatic carbocycles. The van der Waals surface area contributed by atoms with Gasteiger partial charge < -0.3 is 5.73 Å². The van der Waals surface area contributed by atoms with Gasteiger partial charge in [-0.2, -0.15) is 0 Å². The van der Waals surface area contributed by atoms with Crippen LogP contribution in [0.15, 0.2) is 0 Å². The topological polar surface area (TPSA) is 63.4 Å². The Hall–Kier alpha value is -0.130. The molecule has 1 fully saturated rings. The SMILES string of the molecule is CC(C)(C)CCS(=O)(=O)N1CCC(CCN)CC1. The molecule has 1 aliphatic rings. The third kappa shape index (κ3) is 5.24. The van der Waals surface area contributed by atoms with E-state index >= 15 is 0 Å². The quantitative estimate of drug-likeness (QED) is 0.833. The van der Waals surface area contributed by atoms with Crippen molar-refractivity contribution in [2.75, 3.05) is 25.4 Å². The van der Waals surface area contributed by atoms with Gasteiger partial charge in [0, 0.05) is 13.1 Å². The van der Waals surface area contributed by atoms with Crippen LogP contribution >= 0.6 is 0 Å². The van der Waals surface area contributed by atoms with Gasteiger partial charge in [0.15, 0.2) is 0 Å². The summed E-state index contributed by atoms with van der Waals surface area (Å²) in [4.78, 5) is 0. The molecule has 0 radical (unpaired) electrons. The van der Waals surface area contributed by atoms with Crippen molar-refractivity contribution in [2.24, 2.45) is 17.1 Å². The third-order valence-corrected chi connectivity index (χ3v) is 5.52. The number of hydrogen-bond acceptors (Lipinski definition) is 3. The van der Waals surface area contributed by atoms with Crippen molar-refractivity contribution in [3.63, 3.8) is 0 Å². The molecule has 0 aromatic rings. The first-order valence-corrected chi connectivity index (χ1v) is 8.53. The van der Waals surface area contributed by atoms with E-state index in [-0.39, 0.29) is 11.2 Å². The Kier molecular flexibility index (Phi) is 5.62.